The molecule has 72 valence electrons. The van der Waals surface area contributed by atoms with Crippen molar-refractivity contribution in [1.82, 2.24) is 9.55 Å². The average Bonchev–Trinajstić information content (AvgIpc) is 2.02. The predicted octanol–water partition coefficient (Wildman–Crippen LogP) is -0.194. The lowest BCUT2D eigenvalue weighted by Gasteiger charge is -2.11. The second-order valence-electron chi connectivity index (χ2n) is 2.75. The van der Waals surface area contributed by atoms with Gasteiger partial charge in [-0.2, -0.15) is 0 Å². The zero-order valence-corrected chi connectivity index (χ0v) is 8.15. The van der Waals surface area contributed by atoms with Gasteiger partial charge in [0.05, 0.1) is 6.20 Å². The maximum atomic E-state index is 11.1. The molecule has 0 spiro atoms. The van der Waals surface area contributed by atoms with Gasteiger partial charge in [0.2, 0.25) is 0 Å². The van der Waals surface area contributed by atoms with E-state index in [0.29, 0.717) is 0 Å². The van der Waals surface area contributed by atoms with Crippen LogP contribution in [-0.4, -0.2) is 24.2 Å². The van der Waals surface area contributed by atoms with Crippen molar-refractivity contribution in [3.63, 3.8) is 0 Å². The zero-order valence-electron chi connectivity index (χ0n) is 7.34. The summed E-state index contributed by atoms with van der Waals surface area (Å²) in [6, 6.07) is 0. The van der Waals surface area contributed by atoms with Gasteiger partial charge >= 0.3 is 0 Å². The van der Waals surface area contributed by atoms with Crippen LogP contribution in [0.5, 0.6) is 0 Å². The first-order chi connectivity index (χ1) is 5.93. The van der Waals surface area contributed by atoms with Crippen LogP contribution in [0.15, 0.2) is 23.4 Å². The van der Waals surface area contributed by atoms with E-state index in [1.807, 2.05) is 0 Å². The summed E-state index contributed by atoms with van der Waals surface area (Å²) in [5.41, 5.74) is -0.416. The summed E-state index contributed by atoms with van der Waals surface area (Å²) in [6.07, 6.45) is 4.91. The van der Waals surface area contributed by atoms with E-state index >= 15 is 0 Å². The average molecular weight is 202 g/mol. The normalized spacial score (nSPS) is 14.0. The van der Waals surface area contributed by atoms with Crippen molar-refractivity contribution in [3.05, 3.63) is 28.9 Å². The number of sulfone groups is 1. The molecule has 5 nitrogen and oxygen atoms in total. The van der Waals surface area contributed by atoms with Gasteiger partial charge in [-0.1, -0.05) is 0 Å². The van der Waals surface area contributed by atoms with Crippen molar-refractivity contribution in [2.75, 3.05) is 6.26 Å². The lowest BCUT2D eigenvalue weighted by molar-refractivity contribution is 0.559. The molecule has 0 saturated heterocycles. The van der Waals surface area contributed by atoms with Crippen molar-refractivity contribution < 1.29 is 8.42 Å². The lowest BCUT2D eigenvalue weighted by Crippen LogP contribution is -2.26. The molecule has 0 aliphatic rings. The smallest absolute Gasteiger partial charge is 0.270 e. The molecule has 13 heavy (non-hydrogen) atoms. The fourth-order valence-electron chi connectivity index (χ4n) is 0.864. The van der Waals surface area contributed by atoms with E-state index in [1.54, 1.807) is 0 Å². The minimum atomic E-state index is -3.24. The number of rotatable bonds is 2. The Balaban J connectivity index is 3.25. The summed E-state index contributed by atoms with van der Waals surface area (Å²) in [5, 5.41) is -0.844. The van der Waals surface area contributed by atoms with Crippen LogP contribution in [0.1, 0.15) is 12.3 Å². The third kappa shape index (κ3) is 2.15. The van der Waals surface area contributed by atoms with Gasteiger partial charge in [0, 0.05) is 18.6 Å². The molecule has 0 aliphatic heterocycles. The summed E-state index contributed by atoms with van der Waals surface area (Å²) in [6.45, 7) is 1.46. The topological polar surface area (TPSA) is 69.0 Å². The van der Waals surface area contributed by atoms with E-state index in [4.69, 9.17) is 0 Å². The Morgan fingerprint density at radius 2 is 2.15 bits per heavy atom. The molecule has 1 unspecified atom stereocenters. The maximum Gasteiger partial charge on any atom is 0.270 e. The highest BCUT2D eigenvalue weighted by molar-refractivity contribution is 7.90. The first kappa shape index (κ1) is 9.91. The summed E-state index contributed by atoms with van der Waals surface area (Å²) in [7, 11) is -3.24. The molecule has 0 radical (unpaired) electrons. The van der Waals surface area contributed by atoms with Crippen LogP contribution < -0.4 is 5.56 Å². The van der Waals surface area contributed by atoms with Gasteiger partial charge in [-0.3, -0.25) is 14.3 Å². The Bertz CT molecular complexity index is 449. The number of nitrogens with zero attached hydrogens (tertiary/aromatic N) is 2. The van der Waals surface area contributed by atoms with Crippen LogP contribution in [0.25, 0.3) is 0 Å². The molecule has 0 amide bonds. The highest BCUT2D eigenvalue weighted by Crippen LogP contribution is 2.08. The van der Waals surface area contributed by atoms with Crippen molar-refractivity contribution in [3.8, 4) is 0 Å². The van der Waals surface area contributed by atoms with E-state index in [1.165, 1.54) is 19.3 Å². The Hall–Kier alpha value is -1.17. The SMILES string of the molecule is CC(n1ccncc1=O)S(C)(=O)=O. The van der Waals surface area contributed by atoms with Crippen LogP contribution >= 0.6 is 0 Å². The first-order valence-electron chi connectivity index (χ1n) is 3.64. The van der Waals surface area contributed by atoms with Gasteiger partial charge in [0.15, 0.2) is 9.84 Å². The van der Waals surface area contributed by atoms with Gasteiger partial charge in [-0.25, -0.2) is 8.42 Å². The number of hydrogen-bond donors (Lipinski definition) is 0. The number of hydrogen-bond acceptors (Lipinski definition) is 4. The van der Waals surface area contributed by atoms with Crippen molar-refractivity contribution in [1.29, 1.82) is 0 Å². The predicted molar refractivity (Wildman–Crippen MR) is 48.1 cm³/mol. The molecule has 1 aromatic rings. The van der Waals surface area contributed by atoms with E-state index < -0.39 is 20.8 Å². The van der Waals surface area contributed by atoms with Crippen LogP contribution in [0.2, 0.25) is 0 Å². The van der Waals surface area contributed by atoms with Crippen LogP contribution in [0, 0.1) is 0 Å². The monoisotopic (exact) mass is 202 g/mol. The molecule has 1 atom stereocenters. The summed E-state index contributed by atoms with van der Waals surface area (Å²) >= 11 is 0. The highest BCUT2D eigenvalue weighted by atomic mass is 32.2. The Kier molecular flexibility index (Phi) is 2.51. The Labute approximate surface area is 76.0 Å². The van der Waals surface area contributed by atoms with Gasteiger partial charge in [-0.15, -0.1) is 0 Å². The molecular weight excluding hydrogens is 192 g/mol. The van der Waals surface area contributed by atoms with Gasteiger partial charge in [-0.05, 0) is 6.92 Å². The maximum absolute atomic E-state index is 11.1. The fraction of sp³-hybridized carbons (Fsp3) is 0.429. The molecule has 6 heteroatoms. The van der Waals surface area contributed by atoms with Crippen LogP contribution in [0.3, 0.4) is 0 Å². The molecule has 1 aromatic heterocycles. The molecule has 0 N–H and O–H groups in total. The quantitative estimate of drug-likeness (QED) is 0.666. The molecule has 0 fully saturated rings. The standard InChI is InChI=1S/C7H10N2O3S/c1-6(13(2,11)12)9-4-3-8-5-7(9)10/h3-6H,1-2H3. The van der Waals surface area contributed by atoms with Crippen molar-refractivity contribution in [2.45, 2.75) is 12.3 Å². The third-order valence-electron chi connectivity index (χ3n) is 1.76. The second kappa shape index (κ2) is 3.29. The van der Waals surface area contributed by atoms with E-state index in [2.05, 4.69) is 4.98 Å². The molecule has 0 saturated carbocycles. The van der Waals surface area contributed by atoms with Gasteiger partial charge in [0.1, 0.15) is 5.37 Å². The molecule has 1 rings (SSSR count). The van der Waals surface area contributed by atoms with Crippen molar-refractivity contribution in [2.24, 2.45) is 0 Å². The van der Waals surface area contributed by atoms with E-state index in [-0.39, 0.29) is 0 Å². The minimum absolute atomic E-state index is 0.416. The first-order valence-corrected chi connectivity index (χ1v) is 5.59. The molecule has 0 aromatic carbocycles. The minimum Gasteiger partial charge on any atom is -0.295 e. The molecule has 0 aliphatic carbocycles. The Morgan fingerprint density at radius 1 is 1.54 bits per heavy atom. The van der Waals surface area contributed by atoms with E-state index in [0.717, 1.165) is 17.0 Å². The van der Waals surface area contributed by atoms with Crippen LogP contribution in [-0.2, 0) is 9.84 Å². The summed E-state index contributed by atoms with van der Waals surface area (Å²) in [4.78, 5) is 14.7. The van der Waals surface area contributed by atoms with Gasteiger partial charge in [0.25, 0.3) is 5.56 Å². The van der Waals surface area contributed by atoms with Crippen LogP contribution in [0.4, 0.5) is 0 Å². The molecule has 1 heterocycles. The largest absolute Gasteiger partial charge is 0.295 e. The molecular formula is C7H10N2O3S. The number of aromatic nitrogens is 2. The summed E-state index contributed by atoms with van der Waals surface area (Å²) in [5.74, 6) is 0. The Morgan fingerprint density at radius 3 is 2.62 bits per heavy atom. The lowest BCUT2D eigenvalue weighted by atomic mass is 10.6. The third-order valence-corrected chi connectivity index (χ3v) is 3.23. The van der Waals surface area contributed by atoms with E-state index in [9.17, 15) is 13.2 Å². The van der Waals surface area contributed by atoms with Crippen molar-refractivity contribution >= 4 is 9.84 Å². The summed E-state index contributed by atoms with van der Waals surface area (Å²) < 4.78 is 23.3. The zero-order chi connectivity index (χ0) is 10.1. The molecule has 0 bridgehead atoms. The fourth-order valence-corrected chi connectivity index (χ4v) is 1.45. The van der Waals surface area contributed by atoms with Gasteiger partial charge < -0.3 is 0 Å². The second-order valence-corrected chi connectivity index (χ2v) is 5.09. The highest BCUT2D eigenvalue weighted by Gasteiger charge is 2.16.